The number of rotatable bonds is 6. The summed E-state index contributed by atoms with van der Waals surface area (Å²) in [4.78, 5) is 12.4. The predicted molar refractivity (Wildman–Crippen MR) is 106 cm³/mol. The van der Waals surface area contributed by atoms with E-state index in [1.165, 1.54) is 0 Å². The highest BCUT2D eigenvalue weighted by atomic mass is 16.3. The largest absolute Gasteiger partial charge is 0.389 e. The lowest BCUT2D eigenvalue weighted by Gasteiger charge is -2.31. The lowest BCUT2D eigenvalue weighted by molar-refractivity contribution is -0.122. The number of nitrogens with one attached hydrogen (secondary N) is 1. The molecule has 7 heteroatoms. The van der Waals surface area contributed by atoms with Crippen molar-refractivity contribution in [3.63, 3.8) is 0 Å². The van der Waals surface area contributed by atoms with E-state index in [9.17, 15) is 9.90 Å². The van der Waals surface area contributed by atoms with E-state index in [4.69, 9.17) is 0 Å². The van der Waals surface area contributed by atoms with Gasteiger partial charge in [0.25, 0.3) is 0 Å². The molecule has 2 N–H and O–H groups in total. The Hall–Kier alpha value is -2.93. The molecule has 0 spiro atoms. The van der Waals surface area contributed by atoms with Gasteiger partial charge in [-0.1, -0.05) is 37.5 Å². The molecule has 0 atom stereocenters. The molecule has 28 heavy (non-hydrogen) atoms. The molecule has 0 unspecified atom stereocenters. The number of nitrogens with zero attached hydrogens (tertiary/aromatic N) is 4. The molecule has 3 aromatic rings. The van der Waals surface area contributed by atoms with E-state index >= 15 is 0 Å². The smallest absolute Gasteiger partial charge is 0.228 e. The highest BCUT2D eigenvalue weighted by Gasteiger charge is 2.31. The third-order valence-corrected chi connectivity index (χ3v) is 5.25. The standard InChI is InChI=1S/C21H25N5O2/c27-20(13-21(28)10-5-2-6-11-21)24-19-9-12-22-26(19)16-17-14-23-25(15-17)18-7-3-1-4-8-18/h1,3-4,7-9,12,14-15,28H,2,5-6,10-11,13,16H2,(H,24,27). The van der Waals surface area contributed by atoms with Gasteiger partial charge >= 0.3 is 0 Å². The Morgan fingerprint density at radius 1 is 1.11 bits per heavy atom. The summed E-state index contributed by atoms with van der Waals surface area (Å²) in [6.07, 6.45) is 10.0. The predicted octanol–water partition coefficient (Wildman–Crippen LogP) is 3.14. The first kappa shape index (κ1) is 18.4. The molecule has 1 saturated carbocycles. The minimum atomic E-state index is -0.871. The van der Waals surface area contributed by atoms with Crippen molar-refractivity contribution in [3.05, 3.63) is 60.6 Å². The van der Waals surface area contributed by atoms with Crippen molar-refractivity contribution < 1.29 is 9.90 Å². The monoisotopic (exact) mass is 379 g/mol. The molecule has 0 saturated heterocycles. The number of para-hydroxylation sites is 1. The SMILES string of the molecule is O=C(CC1(O)CCCCC1)Nc1ccnn1Cc1cnn(-c2ccccc2)c1. The zero-order valence-electron chi connectivity index (χ0n) is 15.8. The van der Waals surface area contributed by atoms with Gasteiger partial charge in [0.05, 0.1) is 36.6 Å². The second-order valence-electron chi connectivity index (χ2n) is 7.51. The number of benzene rings is 1. The van der Waals surface area contributed by atoms with Gasteiger partial charge in [-0.15, -0.1) is 0 Å². The van der Waals surface area contributed by atoms with Crippen LogP contribution in [0.2, 0.25) is 0 Å². The minimum Gasteiger partial charge on any atom is -0.389 e. The van der Waals surface area contributed by atoms with E-state index in [-0.39, 0.29) is 12.3 Å². The van der Waals surface area contributed by atoms with Crippen LogP contribution in [0.15, 0.2) is 55.0 Å². The number of aliphatic hydroxyl groups is 1. The molecule has 0 radical (unpaired) electrons. The van der Waals surface area contributed by atoms with Crippen molar-refractivity contribution in [2.75, 3.05) is 5.32 Å². The van der Waals surface area contributed by atoms with E-state index in [0.29, 0.717) is 25.2 Å². The number of amides is 1. The van der Waals surface area contributed by atoms with Crippen molar-refractivity contribution in [2.24, 2.45) is 0 Å². The highest BCUT2D eigenvalue weighted by Crippen LogP contribution is 2.31. The molecule has 1 fully saturated rings. The quantitative estimate of drug-likeness (QED) is 0.689. The Morgan fingerprint density at radius 2 is 1.89 bits per heavy atom. The zero-order chi connectivity index (χ0) is 19.4. The third-order valence-electron chi connectivity index (χ3n) is 5.25. The molecule has 7 nitrogen and oxygen atoms in total. The summed E-state index contributed by atoms with van der Waals surface area (Å²) in [5.74, 6) is 0.447. The Labute approximate surface area is 164 Å². The molecular formula is C21H25N5O2. The fourth-order valence-electron chi connectivity index (χ4n) is 3.77. The van der Waals surface area contributed by atoms with Crippen LogP contribution >= 0.6 is 0 Å². The van der Waals surface area contributed by atoms with Crippen molar-refractivity contribution in [3.8, 4) is 5.69 Å². The third kappa shape index (κ3) is 4.31. The highest BCUT2D eigenvalue weighted by molar-refractivity contribution is 5.90. The van der Waals surface area contributed by atoms with Gasteiger partial charge in [0.1, 0.15) is 5.82 Å². The molecule has 4 rings (SSSR count). The maximum atomic E-state index is 12.4. The first-order valence-electron chi connectivity index (χ1n) is 9.74. The number of carbonyl (C=O) groups excluding carboxylic acids is 1. The van der Waals surface area contributed by atoms with E-state index < -0.39 is 5.60 Å². The van der Waals surface area contributed by atoms with Gasteiger partial charge in [0.2, 0.25) is 5.91 Å². The van der Waals surface area contributed by atoms with Gasteiger partial charge in [-0.25, -0.2) is 9.36 Å². The van der Waals surface area contributed by atoms with E-state index in [2.05, 4.69) is 15.5 Å². The van der Waals surface area contributed by atoms with Gasteiger partial charge < -0.3 is 10.4 Å². The molecule has 0 bridgehead atoms. The Kier molecular flexibility index (Phi) is 5.25. The Balaban J connectivity index is 1.40. The lowest BCUT2D eigenvalue weighted by Crippen LogP contribution is -2.36. The fourth-order valence-corrected chi connectivity index (χ4v) is 3.77. The number of hydrogen-bond donors (Lipinski definition) is 2. The average molecular weight is 379 g/mol. The topological polar surface area (TPSA) is 85.0 Å². The minimum absolute atomic E-state index is 0.129. The van der Waals surface area contributed by atoms with Crippen LogP contribution in [0.1, 0.15) is 44.1 Å². The summed E-state index contributed by atoms with van der Waals surface area (Å²) in [6, 6.07) is 11.7. The summed E-state index contributed by atoms with van der Waals surface area (Å²) in [5, 5.41) is 22.2. The van der Waals surface area contributed by atoms with E-state index in [1.807, 2.05) is 41.2 Å². The van der Waals surface area contributed by atoms with Crippen LogP contribution in [-0.4, -0.2) is 36.2 Å². The second kappa shape index (κ2) is 7.98. The van der Waals surface area contributed by atoms with Crippen molar-refractivity contribution in [2.45, 2.75) is 50.7 Å². The number of anilines is 1. The van der Waals surface area contributed by atoms with Crippen molar-refractivity contribution in [1.82, 2.24) is 19.6 Å². The van der Waals surface area contributed by atoms with Crippen molar-refractivity contribution >= 4 is 11.7 Å². The molecule has 1 aliphatic carbocycles. The van der Waals surface area contributed by atoms with Gasteiger partial charge in [-0.2, -0.15) is 10.2 Å². The van der Waals surface area contributed by atoms with Crippen LogP contribution < -0.4 is 5.32 Å². The summed E-state index contributed by atoms with van der Waals surface area (Å²) >= 11 is 0. The molecule has 1 amide bonds. The summed E-state index contributed by atoms with van der Waals surface area (Å²) in [6.45, 7) is 0.500. The summed E-state index contributed by atoms with van der Waals surface area (Å²) in [7, 11) is 0. The molecule has 146 valence electrons. The second-order valence-corrected chi connectivity index (χ2v) is 7.51. The fraction of sp³-hybridized carbons (Fsp3) is 0.381. The van der Waals surface area contributed by atoms with Crippen LogP contribution in [0.5, 0.6) is 0 Å². The van der Waals surface area contributed by atoms with E-state index in [1.54, 1.807) is 23.1 Å². The van der Waals surface area contributed by atoms with E-state index in [0.717, 1.165) is 30.5 Å². The molecule has 0 aliphatic heterocycles. The molecule has 2 aromatic heterocycles. The first-order chi connectivity index (χ1) is 13.6. The summed E-state index contributed by atoms with van der Waals surface area (Å²) < 4.78 is 3.55. The molecule has 1 aliphatic rings. The van der Waals surface area contributed by atoms with Gasteiger partial charge in [-0.05, 0) is 25.0 Å². The van der Waals surface area contributed by atoms with Gasteiger partial charge in [0.15, 0.2) is 0 Å². The average Bonchev–Trinajstić information content (AvgIpc) is 3.33. The van der Waals surface area contributed by atoms with Gasteiger partial charge in [0, 0.05) is 17.8 Å². The van der Waals surface area contributed by atoms with Crippen LogP contribution in [0.25, 0.3) is 5.69 Å². The Morgan fingerprint density at radius 3 is 2.68 bits per heavy atom. The van der Waals surface area contributed by atoms with Crippen LogP contribution in [0.4, 0.5) is 5.82 Å². The summed E-state index contributed by atoms with van der Waals surface area (Å²) in [5.41, 5.74) is 1.10. The number of hydrogen-bond acceptors (Lipinski definition) is 4. The van der Waals surface area contributed by atoms with Crippen molar-refractivity contribution in [1.29, 1.82) is 0 Å². The molecular weight excluding hydrogens is 354 g/mol. The van der Waals surface area contributed by atoms with Crippen LogP contribution in [0.3, 0.4) is 0 Å². The zero-order valence-corrected chi connectivity index (χ0v) is 15.8. The Bertz CT molecular complexity index is 925. The number of carbonyl (C=O) groups is 1. The van der Waals surface area contributed by atoms with Gasteiger partial charge in [-0.3, -0.25) is 4.79 Å². The van der Waals surface area contributed by atoms with Crippen LogP contribution in [-0.2, 0) is 11.3 Å². The number of aromatic nitrogens is 4. The molecule has 1 aromatic carbocycles. The maximum Gasteiger partial charge on any atom is 0.228 e. The normalized spacial score (nSPS) is 16.0. The van der Waals surface area contributed by atoms with Crippen LogP contribution in [0, 0.1) is 0 Å². The molecule has 2 heterocycles. The maximum absolute atomic E-state index is 12.4. The lowest BCUT2D eigenvalue weighted by atomic mass is 9.82. The first-order valence-corrected chi connectivity index (χ1v) is 9.74.